The van der Waals surface area contributed by atoms with Gasteiger partial charge in [0.15, 0.2) is 0 Å². The van der Waals surface area contributed by atoms with Crippen molar-refractivity contribution in [2.45, 2.75) is 38.1 Å². The van der Waals surface area contributed by atoms with Crippen LogP contribution in [-0.4, -0.2) is 51.9 Å². The fourth-order valence-electron chi connectivity index (χ4n) is 2.97. The minimum Gasteiger partial charge on any atom is -0.480 e. The molecule has 0 radical (unpaired) electrons. The molecule has 2 amide bonds. The summed E-state index contributed by atoms with van der Waals surface area (Å²) in [5.74, 6) is -1.04. The summed E-state index contributed by atoms with van der Waals surface area (Å²) in [6.07, 6.45) is 3.11. The quantitative estimate of drug-likeness (QED) is 0.483. The first-order valence-electron chi connectivity index (χ1n) is 8.51. The highest BCUT2D eigenvalue weighted by Crippen LogP contribution is 2.40. The Kier molecular flexibility index (Phi) is 7.02. The number of carboxylic acids is 1. The SMILES string of the molecule is O=C(O)C1CCCN1C(=O)NCP(=O)(O)CCCCc1ccccc1. The molecular weight excluding hydrogens is 343 g/mol. The van der Waals surface area contributed by atoms with Gasteiger partial charge in [-0.2, -0.15) is 0 Å². The maximum atomic E-state index is 12.2. The third kappa shape index (κ3) is 6.18. The van der Waals surface area contributed by atoms with Crippen molar-refractivity contribution in [1.29, 1.82) is 0 Å². The number of hydrogen-bond acceptors (Lipinski definition) is 3. The lowest BCUT2D eigenvalue weighted by atomic mass is 10.1. The standard InChI is InChI=1S/C17H25N2O5P/c20-16(21)15-10-6-11-19(15)17(22)18-13-25(23,24)12-5-4-9-14-7-2-1-3-8-14/h1-3,7-8,15H,4-6,9-13H2,(H,18,22)(H,20,21)(H,23,24). The van der Waals surface area contributed by atoms with Crippen LogP contribution in [0.1, 0.15) is 31.2 Å². The van der Waals surface area contributed by atoms with Crippen molar-refractivity contribution >= 4 is 19.4 Å². The molecule has 1 aliphatic rings. The van der Waals surface area contributed by atoms with Gasteiger partial charge in [-0.05, 0) is 37.7 Å². The van der Waals surface area contributed by atoms with E-state index in [4.69, 9.17) is 5.11 Å². The summed E-state index contributed by atoms with van der Waals surface area (Å²) in [6.45, 7) is 0.357. The van der Waals surface area contributed by atoms with Crippen molar-refractivity contribution in [3.8, 4) is 0 Å². The van der Waals surface area contributed by atoms with Gasteiger partial charge in [0.05, 0.1) is 6.29 Å². The van der Waals surface area contributed by atoms with Crippen LogP contribution in [0.5, 0.6) is 0 Å². The molecular formula is C17H25N2O5P. The van der Waals surface area contributed by atoms with Crippen LogP contribution in [0.3, 0.4) is 0 Å². The summed E-state index contributed by atoms with van der Waals surface area (Å²) >= 11 is 0. The van der Waals surface area contributed by atoms with Gasteiger partial charge < -0.3 is 20.2 Å². The Hall–Kier alpha value is -1.85. The maximum Gasteiger partial charge on any atom is 0.326 e. The second-order valence-corrected chi connectivity index (χ2v) is 8.80. The number of nitrogens with zero attached hydrogens (tertiary/aromatic N) is 1. The smallest absolute Gasteiger partial charge is 0.326 e. The summed E-state index contributed by atoms with van der Waals surface area (Å²) in [6, 6.07) is 8.49. The molecule has 2 atom stereocenters. The molecule has 1 heterocycles. The second kappa shape index (κ2) is 9.02. The van der Waals surface area contributed by atoms with E-state index in [1.54, 1.807) is 0 Å². The Balaban J connectivity index is 1.70. The molecule has 25 heavy (non-hydrogen) atoms. The van der Waals surface area contributed by atoms with Crippen LogP contribution in [0.15, 0.2) is 30.3 Å². The Morgan fingerprint density at radius 2 is 1.96 bits per heavy atom. The van der Waals surface area contributed by atoms with E-state index in [1.807, 2.05) is 30.3 Å². The largest absolute Gasteiger partial charge is 0.480 e. The number of carboxylic acid groups (broad SMARTS) is 1. The number of nitrogens with one attached hydrogen (secondary N) is 1. The monoisotopic (exact) mass is 368 g/mol. The van der Waals surface area contributed by atoms with Crippen molar-refractivity contribution in [2.75, 3.05) is 19.0 Å². The van der Waals surface area contributed by atoms with Crippen LogP contribution < -0.4 is 5.32 Å². The van der Waals surface area contributed by atoms with Gasteiger partial charge in [0, 0.05) is 12.7 Å². The van der Waals surface area contributed by atoms with Crippen molar-refractivity contribution < 1.29 is 24.2 Å². The Labute approximate surface area is 147 Å². The van der Waals surface area contributed by atoms with Crippen molar-refractivity contribution in [3.05, 3.63) is 35.9 Å². The third-order valence-corrected chi connectivity index (χ3v) is 6.01. The fraction of sp³-hybridized carbons (Fsp3) is 0.529. The molecule has 138 valence electrons. The van der Waals surface area contributed by atoms with E-state index in [2.05, 4.69) is 5.32 Å². The summed E-state index contributed by atoms with van der Waals surface area (Å²) in [5.41, 5.74) is 1.19. The molecule has 0 spiro atoms. The minimum atomic E-state index is -3.46. The zero-order valence-electron chi connectivity index (χ0n) is 14.1. The lowest BCUT2D eigenvalue weighted by molar-refractivity contribution is -0.141. The lowest BCUT2D eigenvalue weighted by Gasteiger charge is -2.22. The fourth-order valence-corrected chi connectivity index (χ4v) is 4.23. The number of urea groups is 1. The number of aryl methyl sites for hydroxylation is 1. The molecule has 1 aliphatic heterocycles. The van der Waals surface area contributed by atoms with E-state index >= 15 is 0 Å². The number of amides is 2. The molecule has 2 rings (SSSR count). The number of benzene rings is 1. The van der Waals surface area contributed by atoms with Gasteiger partial charge in [-0.1, -0.05) is 30.3 Å². The lowest BCUT2D eigenvalue weighted by Crippen LogP contribution is -2.46. The second-order valence-electron chi connectivity index (χ2n) is 6.34. The topological polar surface area (TPSA) is 107 Å². The number of unbranched alkanes of at least 4 members (excludes halogenated alkanes) is 1. The highest BCUT2D eigenvalue weighted by molar-refractivity contribution is 7.57. The molecule has 7 nitrogen and oxygen atoms in total. The number of carbonyl (C=O) groups is 2. The van der Waals surface area contributed by atoms with Gasteiger partial charge in [0.1, 0.15) is 6.04 Å². The summed E-state index contributed by atoms with van der Waals surface area (Å²) in [4.78, 5) is 34.3. The van der Waals surface area contributed by atoms with Crippen LogP contribution in [-0.2, 0) is 15.8 Å². The first-order chi connectivity index (χ1) is 11.9. The van der Waals surface area contributed by atoms with Crippen LogP contribution in [0.2, 0.25) is 0 Å². The van der Waals surface area contributed by atoms with E-state index in [0.717, 1.165) is 12.8 Å². The van der Waals surface area contributed by atoms with Crippen molar-refractivity contribution in [2.24, 2.45) is 0 Å². The molecule has 1 aromatic rings. The molecule has 1 aromatic carbocycles. The van der Waals surface area contributed by atoms with Crippen LogP contribution in [0, 0.1) is 0 Å². The molecule has 0 saturated carbocycles. The third-order valence-electron chi connectivity index (χ3n) is 4.34. The molecule has 0 aromatic heterocycles. The van der Waals surface area contributed by atoms with Gasteiger partial charge in [-0.25, -0.2) is 9.59 Å². The van der Waals surface area contributed by atoms with E-state index in [9.17, 15) is 19.0 Å². The average molecular weight is 368 g/mol. The predicted molar refractivity (Wildman–Crippen MR) is 94.8 cm³/mol. The minimum absolute atomic E-state index is 0.141. The Morgan fingerprint density at radius 1 is 1.24 bits per heavy atom. The Bertz CT molecular complexity index is 637. The summed E-state index contributed by atoms with van der Waals surface area (Å²) < 4.78 is 12.2. The zero-order valence-corrected chi connectivity index (χ0v) is 15.0. The normalized spacial score (nSPS) is 19.4. The summed E-state index contributed by atoms with van der Waals surface area (Å²) in [5, 5.41) is 11.5. The van der Waals surface area contributed by atoms with Gasteiger partial charge >= 0.3 is 12.0 Å². The number of carbonyl (C=O) groups excluding carboxylic acids is 1. The number of aliphatic carboxylic acids is 1. The van der Waals surface area contributed by atoms with Crippen LogP contribution >= 0.6 is 7.37 Å². The zero-order chi connectivity index (χ0) is 18.3. The number of rotatable bonds is 8. The first-order valence-corrected chi connectivity index (χ1v) is 10.5. The molecule has 1 saturated heterocycles. The molecule has 0 bridgehead atoms. The highest BCUT2D eigenvalue weighted by Gasteiger charge is 2.34. The Morgan fingerprint density at radius 3 is 2.64 bits per heavy atom. The van der Waals surface area contributed by atoms with Crippen LogP contribution in [0.25, 0.3) is 0 Å². The molecule has 8 heteroatoms. The van der Waals surface area contributed by atoms with Gasteiger partial charge in [-0.15, -0.1) is 0 Å². The maximum absolute atomic E-state index is 12.2. The molecule has 3 N–H and O–H groups in total. The van der Waals surface area contributed by atoms with Gasteiger partial charge in [-0.3, -0.25) is 4.57 Å². The molecule has 0 aliphatic carbocycles. The van der Waals surface area contributed by atoms with Crippen molar-refractivity contribution in [1.82, 2.24) is 10.2 Å². The highest BCUT2D eigenvalue weighted by atomic mass is 31.2. The van der Waals surface area contributed by atoms with Gasteiger partial charge in [0.25, 0.3) is 0 Å². The average Bonchev–Trinajstić information content (AvgIpc) is 3.08. The van der Waals surface area contributed by atoms with E-state index in [-0.39, 0.29) is 12.4 Å². The van der Waals surface area contributed by atoms with Crippen LogP contribution in [0.4, 0.5) is 4.79 Å². The summed E-state index contributed by atoms with van der Waals surface area (Å²) in [7, 11) is -3.46. The van der Waals surface area contributed by atoms with E-state index in [1.165, 1.54) is 10.5 Å². The predicted octanol–water partition coefficient (Wildman–Crippen LogP) is 2.50. The van der Waals surface area contributed by atoms with E-state index < -0.39 is 25.4 Å². The number of hydrogen-bond donors (Lipinski definition) is 3. The molecule has 1 fully saturated rings. The molecule has 2 unspecified atom stereocenters. The van der Waals surface area contributed by atoms with E-state index in [0.29, 0.717) is 25.8 Å². The van der Waals surface area contributed by atoms with Crippen molar-refractivity contribution in [3.63, 3.8) is 0 Å². The van der Waals surface area contributed by atoms with Gasteiger partial charge in [0.2, 0.25) is 7.37 Å². The first kappa shape index (κ1) is 19.5. The number of likely N-dealkylation sites (tertiary alicyclic amines) is 1.